The average Bonchev–Trinajstić information content (AvgIpc) is 2.77. The molecule has 1 aromatic heterocycles. The molecule has 5 heteroatoms. The lowest BCUT2D eigenvalue weighted by atomic mass is 10.1. The number of hydrogen-bond donors (Lipinski definition) is 1. The highest BCUT2D eigenvalue weighted by atomic mass is 16.5. The van der Waals surface area contributed by atoms with E-state index in [0.29, 0.717) is 6.54 Å². The summed E-state index contributed by atoms with van der Waals surface area (Å²) in [7, 11) is 1.65. The van der Waals surface area contributed by atoms with E-state index in [1.807, 2.05) is 44.2 Å². The molecule has 0 saturated carbocycles. The molecule has 0 radical (unpaired) electrons. The van der Waals surface area contributed by atoms with Crippen molar-refractivity contribution in [1.29, 1.82) is 0 Å². The van der Waals surface area contributed by atoms with Gasteiger partial charge in [-0.3, -0.25) is 9.48 Å². The molecule has 0 aliphatic heterocycles. The number of carbonyl (C=O) groups is 1. The fourth-order valence-corrected chi connectivity index (χ4v) is 2.27. The van der Waals surface area contributed by atoms with E-state index in [1.165, 1.54) is 0 Å². The first-order chi connectivity index (χ1) is 10.1. The molecule has 1 N–H and O–H groups in total. The molecular formula is C16H21N3O2. The van der Waals surface area contributed by atoms with Crippen LogP contribution in [0.5, 0.6) is 5.75 Å². The Morgan fingerprint density at radius 1 is 1.33 bits per heavy atom. The second kappa shape index (κ2) is 6.92. The van der Waals surface area contributed by atoms with Crippen LogP contribution in [0.4, 0.5) is 0 Å². The van der Waals surface area contributed by atoms with E-state index < -0.39 is 0 Å². The Kier molecular flexibility index (Phi) is 4.98. The Balaban J connectivity index is 1.83. The maximum atomic E-state index is 11.9. The summed E-state index contributed by atoms with van der Waals surface area (Å²) in [6, 6.07) is 9.79. The van der Waals surface area contributed by atoms with E-state index in [1.54, 1.807) is 11.8 Å². The number of benzene rings is 1. The molecule has 0 bridgehead atoms. The van der Waals surface area contributed by atoms with Crippen LogP contribution in [-0.2, 0) is 17.8 Å². The minimum atomic E-state index is -0.0314. The van der Waals surface area contributed by atoms with Gasteiger partial charge in [-0.05, 0) is 38.0 Å². The van der Waals surface area contributed by atoms with E-state index in [4.69, 9.17) is 4.74 Å². The minimum Gasteiger partial charge on any atom is -0.496 e. The zero-order chi connectivity index (χ0) is 15.2. The largest absolute Gasteiger partial charge is 0.496 e. The molecule has 2 aromatic rings. The van der Waals surface area contributed by atoms with Gasteiger partial charge in [0.05, 0.1) is 12.8 Å². The van der Waals surface area contributed by atoms with Gasteiger partial charge in [-0.25, -0.2) is 0 Å². The van der Waals surface area contributed by atoms with Gasteiger partial charge in [0.1, 0.15) is 12.3 Å². The first kappa shape index (κ1) is 15.1. The molecule has 1 heterocycles. The van der Waals surface area contributed by atoms with Gasteiger partial charge in [-0.15, -0.1) is 0 Å². The maximum absolute atomic E-state index is 11.9. The molecule has 0 atom stereocenters. The molecule has 0 saturated heterocycles. The molecule has 0 spiro atoms. The van der Waals surface area contributed by atoms with Crippen LogP contribution in [0, 0.1) is 13.8 Å². The number of carbonyl (C=O) groups excluding carboxylic acids is 1. The quantitative estimate of drug-likeness (QED) is 0.882. The maximum Gasteiger partial charge on any atom is 0.241 e. The Hall–Kier alpha value is -2.30. The standard InChI is InChI=1S/C16H21N3O2/c1-12-10-13(2)19(18-12)11-16(20)17-9-8-14-6-4-5-7-15(14)21-3/h4-7,10H,8-9,11H2,1-3H3,(H,17,20). The van der Waals surface area contributed by atoms with Crippen LogP contribution >= 0.6 is 0 Å². The Morgan fingerprint density at radius 2 is 2.10 bits per heavy atom. The van der Waals surface area contributed by atoms with Crippen LogP contribution in [0.3, 0.4) is 0 Å². The number of rotatable bonds is 6. The molecule has 0 unspecified atom stereocenters. The van der Waals surface area contributed by atoms with Gasteiger partial charge in [0.25, 0.3) is 0 Å². The fraction of sp³-hybridized carbons (Fsp3) is 0.375. The predicted octanol–water partition coefficient (Wildman–Crippen LogP) is 1.87. The predicted molar refractivity (Wildman–Crippen MR) is 81.4 cm³/mol. The number of nitrogens with one attached hydrogen (secondary N) is 1. The van der Waals surface area contributed by atoms with E-state index in [2.05, 4.69) is 10.4 Å². The van der Waals surface area contributed by atoms with Crippen LogP contribution in [0.15, 0.2) is 30.3 Å². The number of aryl methyl sites for hydroxylation is 2. The SMILES string of the molecule is COc1ccccc1CCNC(=O)Cn1nc(C)cc1C. The van der Waals surface area contributed by atoms with Crippen molar-refractivity contribution in [1.82, 2.24) is 15.1 Å². The monoisotopic (exact) mass is 287 g/mol. The summed E-state index contributed by atoms with van der Waals surface area (Å²) in [6.07, 6.45) is 0.743. The lowest BCUT2D eigenvalue weighted by Crippen LogP contribution is -2.30. The van der Waals surface area contributed by atoms with Gasteiger partial charge in [0.2, 0.25) is 5.91 Å². The zero-order valence-corrected chi connectivity index (χ0v) is 12.7. The van der Waals surface area contributed by atoms with Crippen molar-refractivity contribution in [3.05, 3.63) is 47.3 Å². The summed E-state index contributed by atoms with van der Waals surface area (Å²) in [5.41, 5.74) is 3.01. The number of ether oxygens (including phenoxy) is 1. The van der Waals surface area contributed by atoms with Crippen molar-refractivity contribution < 1.29 is 9.53 Å². The van der Waals surface area contributed by atoms with E-state index in [0.717, 1.165) is 29.1 Å². The molecule has 0 aliphatic rings. The number of nitrogens with zero attached hydrogens (tertiary/aromatic N) is 2. The number of para-hydroxylation sites is 1. The molecule has 112 valence electrons. The lowest BCUT2D eigenvalue weighted by molar-refractivity contribution is -0.121. The van der Waals surface area contributed by atoms with E-state index >= 15 is 0 Å². The van der Waals surface area contributed by atoms with Gasteiger partial charge < -0.3 is 10.1 Å². The van der Waals surface area contributed by atoms with Crippen LogP contribution in [-0.4, -0.2) is 29.3 Å². The third kappa shape index (κ3) is 4.08. The molecule has 2 rings (SSSR count). The summed E-state index contributed by atoms with van der Waals surface area (Å²) in [6.45, 7) is 4.70. The summed E-state index contributed by atoms with van der Waals surface area (Å²) < 4.78 is 7.01. The highest BCUT2D eigenvalue weighted by molar-refractivity contribution is 5.75. The van der Waals surface area contributed by atoms with Crippen molar-refractivity contribution in [2.24, 2.45) is 0 Å². The minimum absolute atomic E-state index is 0.0314. The van der Waals surface area contributed by atoms with Gasteiger partial charge in [0.15, 0.2) is 0 Å². The van der Waals surface area contributed by atoms with Crippen LogP contribution in [0.25, 0.3) is 0 Å². The molecule has 1 amide bonds. The summed E-state index contributed by atoms with van der Waals surface area (Å²) in [4.78, 5) is 11.9. The van der Waals surface area contributed by atoms with Crippen LogP contribution in [0.1, 0.15) is 17.0 Å². The third-order valence-corrected chi connectivity index (χ3v) is 3.31. The Labute approximate surface area is 124 Å². The summed E-state index contributed by atoms with van der Waals surface area (Å²) in [5.74, 6) is 0.821. The lowest BCUT2D eigenvalue weighted by Gasteiger charge is -2.09. The third-order valence-electron chi connectivity index (χ3n) is 3.31. The highest BCUT2D eigenvalue weighted by Gasteiger charge is 2.07. The van der Waals surface area contributed by atoms with Crippen molar-refractivity contribution in [3.63, 3.8) is 0 Å². The van der Waals surface area contributed by atoms with Gasteiger partial charge in [0, 0.05) is 12.2 Å². The first-order valence-corrected chi connectivity index (χ1v) is 7.00. The topological polar surface area (TPSA) is 56.1 Å². The van der Waals surface area contributed by atoms with Gasteiger partial charge >= 0.3 is 0 Å². The molecule has 1 aromatic carbocycles. The first-order valence-electron chi connectivity index (χ1n) is 7.00. The number of hydrogen-bond acceptors (Lipinski definition) is 3. The van der Waals surface area contributed by atoms with E-state index in [-0.39, 0.29) is 12.5 Å². The molecule has 0 fully saturated rings. The van der Waals surface area contributed by atoms with Crippen LogP contribution in [0.2, 0.25) is 0 Å². The number of methoxy groups -OCH3 is 1. The molecule has 21 heavy (non-hydrogen) atoms. The average molecular weight is 287 g/mol. The van der Waals surface area contributed by atoms with Gasteiger partial charge in [-0.1, -0.05) is 18.2 Å². The second-order valence-corrected chi connectivity index (χ2v) is 5.00. The smallest absolute Gasteiger partial charge is 0.241 e. The second-order valence-electron chi connectivity index (χ2n) is 5.00. The molecular weight excluding hydrogens is 266 g/mol. The molecule has 0 aliphatic carbocycles. The van der Waals surface area contributed by atoms with Crippen molar-refractivity contribution >= 4 is 5.91 Å². The zero-order valence-electron chi connectivity index (χ0n) is 12.7. The molecule has 5 nitrogen and oxygen atoms in total. The highest BCUT2D eigenvalue weighted by Crippen LogP contribution is 2.17. The number of aromatic nitrogens is 2. The fourth-order valence-electron chi connectivity index (χ4n) is 2.27. The van der Waals surface area contributed by atoms with Gasteiger partial charge in [-0.2, -0.15) is 5.10 Å². The number of amides is 1. The van der Waals surface area contributed by atoms with E-state index in [9.17, 15) is 4.79 Å². The normalized spacial score (nSPS) is 10.4. The Morgan fingerprint density at radius 3 is 2.76 bits per heavy atom. The Bertz CT molecular complexity index is 620. The van der Waals surface area contributed by atoms with Crippen molar-refractivity contribution in [3.8, 4) is 5.75 Å². The van der Waals surface area contributed by atoms with Crippen molar-refractivity contribution in [2.75, 3.05) is 13.7 Å². The van der Waals surface area contributed by atoms with Crippen LogP contribution < -0.4 is 10.1 Å². The summed E-state index contributed by atoms with van der Waals surface area (Å²) >= 11 is 0. The summed E-state index contributed by atoms with van der Waals surface area (Å²) in [5, 5.41) is 7.19. The van der Waals surface area contributed by atoms with Crippen molar-refractivity contribution in [2.45, 2.75) is 26.8 Å².